The van der Waals surface area contributed by atoms with Gasteiger partial charge in [0.1, 0.15) is 0 Å². The predicted molar refractivity (Wildman–Crippen MR) is 174 cm³/mol. The Hall–Kier alpha value is -5.22. The Kier molecular flexibility index (Phi) is 7.52. The van der Waals surface area contributed by atoms with Crippen LogP contribution in [0.1, 0.15) is 37.5 Å². The van der Waals surface area contributed by atoms with Crippen molar-refractivity contribution in [2.45, 2.75) is 26.2 Å². The van der Waals surface area contributed by atoms with Gasteiger partial charge >= 0.3 is 0 Å². The van der Waals surface area contributed by atoms with Gasteiger partial charge in [-0.25, -0.2) is 0 Å². The molecule has 0 saturated heterocycles. The van der Waals surface area contributed by atoms with Crippen LogP contribution in [0, 0.1) is 0 Å². The summed E-state index contributed by atoms with van der Waals surface area (Å²) in [5.41, 5.74) is 8.76. The first-order chi connectivity index (χ1) is 20.4. The summed E-state index contributed by atoms with van der Waals surface area (Å²) in [7, 11) is 0. The van der Waals surface area contributed by atoms with Crippen LogP contribution >= 0.6 is 0 Å². The highest BCUT2D eigenvalue weighted by Crippen LogP contribution is 2.34. The molecule has 1 heterocycles. The van der Waals surface area contributed by atoms with Crippen LogP contribution in [0.3, 0.4) is 0 Å². The average Bonchev–Trinajstić information content (AvgIpc) is 3.52. The molecule has 0 atom stereocenters. The van der Waals surface area contributed by atoms with Gasteiger partial charge in [-0.2, -0.15) is 0 Å². The van der Waals surface area contributed by atoms with E-state index in [4.69, 9.17) is 4.42 Å². The van der Waals surface area contributed by atoms with E-state index in [1.165, 1.54) is 5.56 Å². The molecule has 206 valence electrons. The fourth-order valence-corrected chi connectivity index (χ4v) is 4.83. The van der Waals surface area contributed by atoms with Crippen molar-refractivity contribution in [3.63, 3.8) is 0 Å². The lowest BCUT2D eigenvalue weighted by molar-refractivity contribution is 0.582. The van der Waals surface area contributed by atoms with Crippen LogP contribution in [0.15, 0.2) is 138 Å². The number of aromatic nitrogens is 2. The fraction of sp³-hybridized carbons (Fsp3) is 0.105. The molecule has 42 heavy (non-hydrogen) atoms. The maximum Gasteiger partial charge on any atom is 0.248 e. The van der Waals surface area contributed by atoms with Gasteiger partial charge in [0.15, 0.2) is 0 Å². The first-order valence-electron chi connectivity index (χ1n) is 14.2. The quantitative estimate of drug-likeness (QED) is 0.186. The van der Waals surface area contributed by atoms with Gasteiger partial charge in [0, 0.05) is 28.2 Å². The second-order valence-electron chi connectivity index (χ2n) is 11.3. The van der Waals surface area contributed by atoms with Crippen LogP contribution in [-0.2, 0) is 5.41 Å². The Morgan fingerprint density at radius 1 is 0.500 bits per heavy atom. The van der Waals surface area contributed by atoms with E-state index in [1.807, 2.05) is 36.4 Å². The van der Waals surface area contributed by atoms with Gasteiger partial charge in [-0.1, -0.05) is 106 Å². The molecule has 6 aromatic rings. The normalized spacial score (nSPS) is 11.6. The van der Waals surface area contributed by atoms with E-state index in [1.54, 1.807) is 0 Å². The van der Waals surface area contributed by atoms with Gasteiger partial charge in [0.05, 0.1) is 0 Å². The lowest BCUT2D eigenvalue weighted by atomic mass is 9.87. The van der Waals surface area contributed by atoms with Crippen LogP contribution in [-0.4, -0.2) is 10.2 Å². The van der Waals surface area contributed by atoms with Crippen LogP contribution in [0.4, 0.5) is 17.1 Å². The summed E-state index contributed by atoms with van der Waals surface area (Å²) < 4.78 is 6.00. The minimum absolute atomic E-state index is 0.101. The smallest absolute Gasteiger partial charge is 0.248 e. The van der Waals surface area contributed by atoms with Gasteiger partial charge in [-0.15, -0.1) is 10.2 Å². The summed E-state index contributed by atoms with van der Waals surface area (Å²) in [5.74, 6) is 1.04. The van der Waals surface area contributed by atoms with Crippen molar-refractivity contribution in [3.05, 3.63) is 150 Å². The monoisotopic (exact) mass is 547 g/mol. The molecule has 0 saturated carbocycles. The summed E-state index contributed by atoms with van der Waals surface area (Å²) in [6.07, 6.45) is 4.24. The molecule has 6 rings (SSSR count). The summed E-state index contributed by atoms with van der Waals surface area (Å²) in [6.45, 7) is 6.61. The maximum absolute atomic E-state index is 6.00. The molecule has 0 radical (unpaired) electrons. The first kappa shape index (κ1) is 27.0. The summed E-state index contributed by atoms with van der Waals surface area (Å²) >= 11 is 0. The zero-order chi connectivity index (χ0) is 28.9. The summed E-state index contributed by atoms with van der Waals surface area (Å²) in [5, 5.41) is 8.56. The molecule has 0 unspecified atom stereocenters. The minimum Gasteiger partial charge on any atom is -0.416 e. The van der Waals surface area contributed by atoms with E-state index in [0.29, 0.717) is 11.8 Å². The van der Waals surface area contributed by atoms with E-state index in [-0.39, 0.29) is 5.41 Å². The molecular weight excluding hydrogens is 514 g/mol. The molecule has 0 aliphatic rings. The van der Waals surface area contributed by atoms with Crippen molar-refractivity contribution in [2.75, 3.05) is 4.90 Å². The highest BCUT2D eigenvalue weighted by Gasteiger charge is 2.15. The summed E-state index contributed by atoms with van der Waals surface area (Å²) in [6, 6.07) is 46.0. The fourth-order valence-electron chi connectivity index (χ4n) is 4.83. The van der Waals surface area contributed by atoms with Crippen molar-refractivity contribution < 1.29 is 4.42 Å². The SMILES string of the molecule is CC(C)(C)c1ccc(-c2nnc(-c3ccc(/C=C/c4ccc(N(c5ccccc5)c5ccccc5)cc4)cc3)o2)cc1. The highest BCUT2D eigenvalue weighted by atomic mass is 16.4. The number of hydrogen-bond donors (Lipinski definition) is 0. The molecule has 0 fully saturated rings. The van der Waals surface area contributed by atoms with Gasteiger partial charge in [0.25, 0.3) is 0 Å². The minimum atomic E-state index is 0.101. The Labute approximate surface area is 247 Å². The summed E-state index contributed by atoms with van der Waals surface area (Å²) in [4.78, 5) is 2.26. The standard InChI is InChI=1S/C38H33N3O/c1-38(2,3)32-24-22-31(23-25-32)37-40-39-36(42-37)30-20-16-28(17-21-30)14-15-29-18-26-35(27-19-29)41(33-10-6-4-7-11-33)34-12-8-5-9-13-34/h4-27H,1-3H3/b15-14+. The highest BCUT2D eigenvalue weighted by molar-refractivity contribution is 5.78. The second kappa shape index (κ2) is 11.7. The Morgan fingerprint density at radius 2 is 0.905 bits per heavy atom. The number of anilines is 3. The largest absolute Gasteiger partial charge is 0.416 e. The molecule has 0 aliphatic carbocycles. The predicted octanol–water partition coefficient (Wildman–Crippen LogP) is 10.3. The number of hydrogen-bond acceptors (Lipinski definition) is 4. The van der Waals surface area contributed by atoms with Gasteiger partial charge < -0.3 is 9.32 Å². The number of nitrogens with zero attached hydrogens (tertiary/aromatic N) is 3. The third-order valence-electron chi connectivity index (χ3n) is 7.23. The second-order valence-corrected chi connectivity index (χ2v) is 11.3. The van der Waals surface area contributed by atoms with Crippen molar-refractivity contribution in [3.8, 4) is 22.9 Å². The van der Waals surface area contributed by atoms with E-state index in [0.717, 1.165) is 39.3 Å². The number of para-hydroxylation sites is 2. The molecule has 1 aromatic heterocycles. The zero-order valence-corrected chi connectivity index (χ0v) is 24.1. The van der Waals surface area contributed by atoms with Gasteiger partial charge in [-0.3, -0.25) is 0 Å². The Bertz CT molecular complexity index is 1720. The Balaban J connectivity index is 1.15. The van der Waals surface area contributed by atoms with Gasteiger partial charge in [0.2, 0.25) is 11.8 Å². The Morgan fingerprint density at radius 3 is 1.36 bits per heavy atom. The molecule has 0 spiro atoms. The topological polar surface area (TPSA) is 42.2 Å². The van der Waals surface area contributed by atoms with Gasteiger partial charge in [-0.05, 0) is 82.8 Å². The molecule has 0 bridgehead atoms. The van der Waals surface area contributed by atoms with Crippen LogP contribution in [0.5, 0.6) is 0 Å². The van der Waals surface area contributed by atoms with E-state index in [9.17, 15) is 0 Å². The first-order valence-corrected chi connectivity index (χ1v) is 14.2. The van der Waals surface area contributed by atoms with Crippen LogP contribution in [0.2, 0.25) is 0 Å². The lowest BCUT2D eigenvalue weighted by Gasteiger charge is -2.25. The van der Waals surface area contributed by atoms with Crippen molar-refractivity contribution in [2.24, 2.45) is 0 Å². The lowest BCUT2D eigenvalue weighted by Crippen LogP contribution is -2.10. The zero-order valence-electron chi connectivity index (χ0n) is 24.1. The number of benzene rings is 5. The third kappa shape index (κ3) is 6.08. The molecular formula is C38H33N3O. The molecule has 0 amide bonds. The van der Waals surface area contributed by atoms with Crippen LogP contribution in [0.25, 0.3) is 35.1 Å². The molecule has 0 aliphatic heterocycles. The van der Waals surface area contributed by atoms with E-state index >= 15 is 0 Å². The maximum atomic E-state index is 6.00. The molecule has 0 N–H and O–H groups in total. The van der Waals surface area contributed by atoms with Crippen molar-refractivity contribution >= 4 is 29.2 Å². The third-order valence-corrected chi connectivity index (χ3v) is 7.23. The molecule has 4 heteroatoms. The van der Waals surface area contributed by atoms with Crippen molar-refractivity contribution in [1.29, 1.82) is 0 Å². The van der Waals surface area contributed by atoms with E-state index in [2.05, 4.69) is 145 Å². The molecule has 4 nitrogen and oxygen atoms in total. The average molecular weight is 548 g/mol. The van der Waals surface area contributed by atoms with Crippen molar-refractivity contribution in [1.82, 2.24) is 10.2 Å². The number of rotatable bonds is 7. The van der Waals surface area contributed by atoms with Crippen LogP contribution < -0.4 is 4.90 Å². The molecule has 5 aromatic carbocycles. The van der Waals surface area contributed by atoms with E-state index < -0.39 is 0 Å².